The molecule has 0 bridgehead atoms. The van der Waals surface area contributed by atoms with Crippen molar-refractivity contribution in [1.29, 1.82) is 0 Å². The molecule has 0 spiro atoms. The predicted molar refractivity (Wildman–Crippen MR) is 159 cm³/mol. The molecule has 0 unspecified atom stereocenters. The number of carbonyl (C=O) groups excluding carboxylic acids is 1. The number of methoxy groups -OCH3 is 3. The van der Waals surface area contributed by atoms with Gasteiger partial charge in [-0.2, -0.15) is 0 Å². The highest BCUT2D eigenvalue weighted by atomic mass is 32.1. The molecule has 5 rings (SSSR count). The number of thiazole rings is 2. The fourth-order valence-corrected chi connectivity index (χ4v) is 5.64. The molecule has 0 saturated heterocycles. The van der Waals surface area contributed by atoms with Crippen molar-refractivity contribution in [3.8, 4) is 38.4 Å². The summed E-state index contributed by atoms with van der Waals surface area (Å²) >= 11 is 2.85. The molecular weight excluding hydrogens is 550 g/mol. The zero-order chi connectivity index (χ0) is 28.1. The van der Waals surface area contributed by atoms with Crippen molar-refractivity contribution in [3.05, 3.63) is 72.0 Å². The summed E-state index contributed by atoms with van der Waals surface area (Å²) in [4.78, 5) is 22.3. The van der Waals surface area contributed by atoms with E-state index in [0.717, 1.165) is 26.7 Å². The van der Waals surface area contributed by atoms with Crippen LogP contribution < -0.4 is 30.6 Å². The third-order valence-corrected chi connectivity index (χ3v) is 7.65. The number of carbonyl (C=O) groups is 1. The summed E-state index contributed by atoms with van der Waals surface area (Å²) in [5.74, 6) is 1.66. The Kier molecular flexibility index (Phi) is 7.99. The average Bonchev–Trinajstić information content (AvgIpc) is 3.73. The lowest BCUT2D eigenvalue weighted by Gasteiger charge is -2.14. The van der Waals surface area contributed by atoms with Crippen LogP contribution in [0.1, 0.15) is 5.56 Å². The van der Waals surface area contributed by atoms with Crippen LogP contribution >= 0.6 is 22.7 Å². The molecule has 40 heavy (non-hydrogen) atoms. The number of nitrogens with zero attached hydrogens (tertiary/aromatic N) is 2. The van der Waals surface area contributed by atoms with Gasteiger partial charge in [-0.3, -0.25) is 4.79 Å². The Morgan fingerprint density at radius 2 is 1.82 bits per heavy atom. The Morgan fingerprint density at radius 3 is 2.52 bits per heavy atom. The minimum Gasteiger partial charge on any atom is -0.493 e. The minimum absolute atomic E-state index is 0.248. The molecule has 3 heterocycles. The van der Waals surface area contributed by atoms with Gasteiger partial charge in [0.15, 0.2) is 16.6 Å². The van der Waals surface area contributed by atoms with E-state index in [9.17, 15) is 4.79 Å². The number of hydrogen-bond donors (Lipinski definition) is 3. The first-order valence-electron chi connectivity index (χ1n) is 11.9. The monoisotopic (exact) mass is 575 g/mol. The van der Waals surface area contributed by atoms with Crippen LogP contribution in [0.4, 0.5) is 22.3 Å². The molecule has 204 valence electrons. The van der Waals surface area contributed by atoms with E-state index in [-0.39, 0.29) is 5.91 Å². The van der Waals surface area contributed by atoms with Crippen molar-refractivity contribution in [3.63, 3.8) is 0 Å². The number of nitrogens with two attached hydrogens (primary N) is 1. The van der Waals surface area contributed by atoms with Gasteiger partial charge < -0.3 is 35.0 Å². The normalized spacial score (nSPS) is 11.0. The van der Waals surface area contributed by atoms with Gasteiger partial charge in [-0.15, -0.1) is 11.3 Å². The average molecular weight is 576 g/mol. The quantitative estimate of drug-likeness (QED) is 0.159. The van der Waals surface area contributed by atoms with Crippen LogP contribution in [-0.4, -0.2) is 37.2 Å². The summed E-state index contributed by atoms with van der Waals surface area (Å²) in [5.41, 5.74) is 10.1. The molecule has 3 aromatic heterocycles. The molecule has 1 amide bonds. The largest absolute Gasteiger partial charge is 0.493 e. The number of amides is 1. The summed E-state index contributed by atoms with van der Waals surface area (Å²) in [6, 6.07) is 12.8. The smallest absolute Gasteiger partial charge is 0.248 e. The van der Waals surface area contributed by atoms with Crippen LogP contribution in [0, 0.1) is 0 Å². The van der Waals surface area contributed by atoms with Crippen LogP contribution in [0.2, 0.25) is 0 Å². The number of nitrogens with one attached hydrogen (secondary N) is 2. The van der Waals surface area contributed by atoms with Crippen molar-refractivity contribution < 1.29 is 23.4 Å². The first-order valence-corrected chi connectivity index (χ1v) is 13.6. The Balaban J connectivity index is 1.32. The molecule has 0 radical (unpaired) electrons. The van der Waals surface area contributed by atoms with Crippen LogP contribution in [0.5, 0.6) is 17.2 Å². The molecule has 5 aromatic rings. The summed E-state index contributed by atoms with van der Waals surface area (Å²) < 4.78 is 21.3. The lowest BCUT2D eigenvalue weighted by atomic mass is 10.1. The van der Waals surface area contributed by atoms with E-state index in [4.69, 9.17) is 29.3 Å². The minimum atomic E-state index is -0.248. The summed E-state index contributed by atoms with van der Waals surface area (Å²) in [6.07, 6.45) is 6.25. The van der Waals surface area contributed by atoms with Gasteiger partial charge in [0.2, 0.25) is 11.7 Å². The molecule has 0 saturated carbocycles. The van der Waals surface area contributed by atoms with Gasteiger partial charge in [-0.05, 0) is 24.3 Å². The molecule has 0 aliphatic heterocycles. The maximum atomic E-state index is 12.3. The van der Waals surface area contributed by atoms with Gasteiger partial charge in [0.1, 0.15) is 15.7 Å². The van der Waals surface area contributed by atoms with Crippen LogP contribution in [0.15, 0.2) is 70.9 Å². The van der Waals surface area contributed by atoms with Gasteiger partial charge in [-0.1, -0.05) is 23.5 Å². The number of ether oxygens (including phenoxy) is 3. The van der Waals surface area contributed by atoms with E-state index < -0.39 is 0 Å². The number of hydrogen-bond acceptors (Lipinski definition) is 11. The maximum Gasteiger partial charge on any atom is 0.248 e. The highest BCUT2D eigenvalue weighted by Crippen LogP contribution is 2.43. The molecule has 0 aliphatic carbocycles. The number of benzene rings is 2. The maximum absolute atomic E-state index is 12.3. The second-order valence-corrected chi connectivity index (χ2v) is 10.1. The van der Waals surface area contributed by atoms with Crippen molar-refractivity contribution in [2.75, 3.05) is 37.7 Å². The van der Waals surface area contributed by atoms with Crippen molar-refractivity contribution in [2.45, 2.75) is 0 Å². The van der Waals surface area contributed by atoms with Gasteiger partial charge in [0, 0.05) is 46.1 Å². The van der Waals surface area contributed by atoms with Crippen LogP contribution in [-0.2, 0) is 4.79 Å². The molecular formula is C28H25N5O5S2. The highest BCUT2D eigenvalue weighted by Gasteiger charge is 2.18. The Morgan fingerprint density at radius 1 is 1.02 bits per heavy atom. The van der Waals surface area contributed by atoms with Crippen LogP contribution in [0.3, 0.4) is 0 Å². The SMILES string of the molecule is COc1cc(Nc2nc(N)c(-c3nc(-c4cccc(NC(=O)C=Cc5ccoc5)c4)cs3)s2)cc(OC)c1OC. The van der Waals surface area contributed by atoms with Crippen molar-refractivity contribution in [2.24, 2.45) is 0 Å². The number of anilines is 4. The Bertz CT molecular complexity index is 1630. The fraction of sp³-hybridized carbons (Fsp3) is 0.107. The first kappa shape index (κ1) is 26.8. The lowest BCUT2D eigenvalue weighted by molar-refractivity contribution is -0.111. The van der Waals surface area contributed by atoms with E-state index in [1.165, 1.54) is 28.7 Å². The summed E-state index contributed by atoms with van der Waals surface area (Å²) in [6.45, 7) is 0. The van der Waals surface area contributed by atoms with Gasteiger partial charge in [0.05, 0.1) is 39.5 Å². The van der Waals surface area contributed by atoms with Gasteiger partial charge >= 0.3 is 0 Å². The second kappa shape index (κ2) is 11.9. The Hall–Kier alpha value is -4.81. The van der Waals surface area contributed by atoms with Gasteiger partial charge in [0.25, 0.3) is 0 Å². The molecule has 12 heteroatoms. The third kappa shape index (κ3) is 5.92. The van der Waals surface area contributed by atoms with Crippen molar-refractivity contribution in [1.82, 2.24) is 9.97 Å². The highest BCUT2D eigenvalue weighted by molar-refractivity contribution is 7.23. The first-order chi connectivity index (χ1) is 19.5. The van der Waals surface area contributed by atoms with E-state index in [2.05, 4.69) is 15.6 Å². The number of rotatable bonds is 10. The van der Waals surface area contributed by atoms with Crippen molar-refractivity contribution >= 4 is 57.0 Å². The summed E-state index contributed by atoms with van der Waals surface area (Å²) in [5, 5.41) is 9.40. The number of aromatic nitrogens is 2. The summed E-state index contributed by atoms with van der Waals surface area (Å²) in [7, 11) is 4.67. The van der Waals surface area contributed by atoms with Gasteiger partial charge in [-0.25, -0.2) is 9.97 Å². The standard InChI is InChI=1S/C28H25N5O5S2/c1-35-21-12-19(13-22(36-2)24(21)37-3)31-28-33-26(29)25(40-28)27-32-20(15-39-27)17-5-4-6-18(11-17)30-23(34)8-7-16-9-10-38-14-16/h4-15H,29H2,1-3H3,(H,30,34)(H,31,33). The number of furan rings is 1. The molecule has 4 N–H and O–H groups in total. The zero-order valence-corrected chi connectivity index (χ0v) is 23.4. The van der Waals surface area contributed by atoms with E-state index in [1.807, 2.05) is 29.6 Å². The molecule has 0 atom stereocenters. The van der Waals surface area contributed by atoms with Crippen LogP contribution in [0.25, 0.3) is 27.2 Å². The predicted octanol–water partition coefficient (Wildman–Crippen LogP) is 6.53. The number of nitrogen functional groups attached to an aromatic ring is 1. The molecule has 0 aliphatic rings. The molecule has 0 fully saturated rings. The second-order valence-electron chi connectivity index (χ2n) is 8.27. The fourth-order valence-electron chi connectivity index (χ4n) is 3.81. The Labute approximate surface area is 238 Å². The van der Waals surface area contributed by atoms with E-state index >= 15 is 0 Å². The third-order valence-electron chi connectivity index (χ3n) is 5.66. The molecule has 2 aromatic carbocycles. The molecule has 10 nitrogen and oxygen atoms in total. The van der Waals surface area contributed by atoms with E-state index in [1.54, 1.807) is 58.1 Å². The lowest BCUT2D eigenvalue weighted by Crippen LogP contribution is -2.07. The van der Waals surface area contributed by atoms with E-state index in [0.29, 0.717) is 39.6 Å². The topological polar surface area (TPSA) is 134 Å². The zero-order valence-electron chi connectivity index (χ0n) is 21.8.